The number of rotatable bonds is 6. The molecule has 7 heteroatoms. The summed E-state index contributed by atoms with van der Waals surface area (Å²) >= 11 is 6.20. The minimum absolute atomic E-state index is 0.00214. The molecule has 0 radical (unpaired) electrons. The summed E-state index contributed by atoms with van der Waals surface area (Å²) in [6.45, 7) is 0.587. The maximum atomic E-state index is 13.0. The van der Waals surface area contributed by atoms with E-state index in [1.165, 1.54) is 0 Å². The largest absolute Gasteiger partial charge is 0.495 e. The number of carbonyl (C=O) groups excluding carboxylic acids is 2. The quantitative estimate of drug-likeness (QED) is 0.376. The zero-order valence-electron chi connectivity index (χ0n) is 18.1. The van der Waals surface area contributed by atoms with Crippen LogP contribution < -0.4 is 9.64 Å². The van der Waals surface area contributed by atoms with E-state index in [2.05, 4.69) is 0 Å². The van der Waals surface area contributed by atoms with Crippen molar-refractivity contribution in [2.45, 2.75) is 18.9 Å². The molecular formula is C26H22ClN3O3. The van der Waals surface area contributed by atoms with Gasteiger partial charge < -0.3 is 14.2 Å². The van der Waals surface area contributed by atoms with Gasteiger partial charge in [-0.25, -0.2) is 4.98 Å². The van der Waals surface area contributed by atoms with Crippen LogP contribution in [0.5, 0.6) is 5.75 Å². The monoisotopic (exact) mass is 459 g/mol. The molecule has 1 aliphatic heterocycles. The third kappa shape index (κ3) is 3.98. The number of Topliss-reactive ketones (excluding diaryl/α,β-unsaturated/α-hetero) is 1. The van der Waals surface area contributed by atoms with Crippen LogP contribution >= 0.6 is 11.6 Å². The van der Waals surface area contributed by atoms with Crippen molar-refractivity contribution >= 4 is 40.0 Å². The summed E-state index contributed by atoms with van der Waals surface area (Å²) in [5.74, 6) is 1.11. The molecule has 0 saturated carbocycles. The van der Waals surface area contributed by atoms with E-state index < -0.39 is 0 Å². The molecule has 0 spiro atoms. The summed E-state index contributed by atoms with van der Waals surface area (Å²) in [5.41, 5.74) is 2.97. The number of halogens is 1. The summed E-state index contributed by atoms with van der Waals surface area (Å²) in [4.78, 5) is 32.6. The van der Waals surface area contributed by atoms with Crippen LogP contribution in [0, 0.1) is 0 Å². The normalized spacial score (nSPS) is 15.9. The van der Waals surface area contributed by atoms with Gasteiger partial charge in [-0.05, 0) is 30.3 Å². The molecule has 3 aromatic carbocycles. The van der Waals surface area contributed by atoms with Crippen molar-refractivity contribution in [3.8, 4) is 5.75 Å². The van der Waals surface area contributed by atoms with Gasteiger partial charge in [0.2, 0.25) is 5.91 Å². The Morgan fingerprint density at radius 3 is 2.64 bits per heavy atom. The molecule has 2 heterocycles. The van der Waals surface area contributed by atoms with Gasteiger partial charge in [0.15, 0.2) is 5.78 Å². The van der Waals surface area contributed by atoms with Gasteiger partial charge in [-0.15, -0.1) is 0 Å². The summed E-state index contributed by atoms with van der Waals surface area (Å²) in [5, 5.41) is 0.530. The molecule has 166 valence electrons. The fourth-order valence-electron chi connectivity index (χ4n) is 4.42. The van der Waals surface area contributed by atoms with Crippen molar-refractivity contribution < 1.29 is 14.3 Å². The van der Waals surface area contributed by atoms with E-state index >= 15 is 0 Å². The average molecular weight is 460 g/mol. The van der Waals surface area contributed by atoms with Crippen LogP contribution in [0.3, 0.4) is 0 Å². The highest BCUT2D eigenvalue weighted by atomic mass is 35.5. The Morgan fingerprint density at radius 1 is 1.09 bits per heavy atom. The van der Waals surface area contributed by atoms with Crippen LogP contribution in [0.25, 0.3) is 11.0 Å². The Hall–Kier alpha value is -3.64. The topological polar surface area (TPSA) is 64.4 Å². The lowest BCUT2D eigenvalue weighted by molar-refractivity contribution is -0.117. The van der Waals surface area contributed by atoms with Gasteiger partial charge in [-0.2, -0.15) is 0 Å². The number of methoxy groups -OCH3 is 1. The molecule has 6 nitrogen and oxygen atoms in total. The van der Waals surface area contributed by atoms with E-state index in [0.29, 0.717) is 35.0 Å². The second-order valence-corrected chi connectivity index (χ2v) is 8.49. The summed E-state index contributed by atoms with van der Waals surface area (Å²) in [6.07, 6.45) is 0.290. The first-order chi connectivity index (χ1) is 16.0. The lowest BCUT2D eigenvalue weighted by atomic mass is 10.1. The van der Waals surface area contributed by atoms with Gasteiger partial charge in [-0.3, -0.25) is 9.59 Å². The van der Waals surface area contributed by atoms with Crippen molar-refractivity contribution in [2.24, 2.45) is 0 Å². The Labute approximate surface area is 196 Å². The van der Waals surface area contributed by atoms with Crippen molar-refractivity contribution in [1.82, 2.24) is 9.55 Å². The van der Waals surface area contributed by atoms with E-state index in [1.54, 1.807) is 30.2 Å². The molecule has 0 aliphatic carbocycles. The SMILES string of the molecule is COc1ccc(Cl)cc1N1C[C@@H](c2nc3ccccc3n2CC(=O)c2ccccc2)CC1=O. The van der Waals surface area contributed by atoms with Gasteiger partial charge >= 0.3 is 0 Å². The highest BCUT2D eigenvalue weighted by Gasteiger charge is 2.36. The number of imidazole rings is 1. The summed E-state index contributed by atoms with van der Waals surface area (Å²) in [6, 6.07) is 22.2. The number of hydrogen-bond donors (Lipinski definition) is 0. The second kappa shape index (κ2) is 8.71. The number of carbonyl (C=O) groups is 2. The van der Waals surface area contributed by atoms with Gasteiger partial charge in [0.1, 0.15) is 11.6 Å². The van der Waals surface area contributed by atoms with Crippen LogP contribution in [0.1, 0.15) is 28.5 Å². The first-order valence-electron chi connectivity index (χ1n) is 10.7. The van der Waals surface area contributed by atoms with Crippen LogP contribution in [0.2, 0.25) is 5.02 Å². The number of ether oxygens (including phenoxy) is 1. The van der Waals surface area contributed by atoms with Crippen molar-refractivity contribution in [2.75, 3.05) is 18.6 Å². The number of hydrogen-bond acceptors (Lipinski definition) is 4. The molecule has 1 amide bonds. The van der Waals surface area contributed by atoms with Crippen molar-refractivity contribution in [1.29, 1.82) is 0 Å². The number of aromatic nitrogens is 2. The molecule has 4 aromatic rings. The highest BCUT2D eigenvalue weighted by molar-refractivity contribution is 6.31. The van der Waals surface area contributed by atoms with E-state index in [9.17, 15) is 9.59 Å². The maximum absolute atomic E-state index is 13.0. The van der Waals surface area contributed by atoms with E-state index in [0.717, 1.165) is 16.9 Å². The predicted molar refractivity (Wildman–Crippen MR) is 128 cm³/mol. The van der Waals surface area contributed by atoms with Crippen LogP contribution in [0.15, 0.2) is 72.8 Å². The fourth-order valence-corrected chi connectivity index (χ4v) is 4.58. The van der Waals surface area contributed by atoms with E-state index in [1.807, 2.05) is 59.2 Å². The number of fused-ring (bicyclic) bond motifs is 1. The first kappa shape index (κ1) is 21.2. The second-order valence-electron chi connectivity index (χ2n) is 8.06. The zero-order valence-corrected chi connectivity index (χ0v) is 18.8. The number of ketones is 1. The van der Waals surface area contributed by atoms with Gasteiger partial charge in [0.05, 0.1) is 30.4 Å². The average Bonchev–Trinajstić information content (AvgIpc) is 3.40. The number of benzene rings is 3. The molecule has 33 heavy (non-hydrogen) atoms. The van der Waals surface area contributed by atoms with E-state index in [-0.39, 0.29) is 24.2 Å². The molecule has 5 rings (SSSR count). The molecule has 0 N–H and O–H groups in total. The van der Waals surface area contributed by atoms with Gasteiger partial charge in [-0.1, -0.05) is 54.1 Å². The molecular weight excluding hydrogens is 438 g/mol. The molecule has 1 fully saturated rings. The van der Waals surface area contributed by atoms with Crippen LogP contribution in [-0.4, -0.2) is 34.9 Å². The fraction of sp³-hybridized carbons (Fsp3) is 0.192. The number of amides is 1. The molecule has 0 bridgehead atoms. The zero-order chi connectivity index (χ0) is 22.9. The Balaban J connectivity index is 1.52. The third-order valence-electron chi connectivity index (χ3n) is 6.00. The summed E-state index contributed by atoms with van der Waals surface area (Å²) in [7, 11) is 1.57. The number of anilines is 1. The smallest absolute Gasteiger partial charge is 0.227 e. The van der Waals surface area contributed by atoms with Gasteiger partial charge in [0, 0.05) is 29.5 Å². The Morgan fingerprint density at radius 2 is 1.85 bits per heavy atom. The minimum atomic E-state index is -0.169. The first-order valence-corrected chi connectivity index (χ1v) is 11.1. The summed E-state index contributed by atoms with van der Waals surface area (Å²) < 4.78 is 7.40. The molecule has 1 aliphatic rings. The molecule has 1 saturated heterocycles. The lowest BCUT2D eigenvalue weighted by Gasteiger charge is -2.20. The van der Waals surface area contributed by atoms with Gasteiger partial charge in [0.25, 0.3) is 0 Å². The number of para-hydroxylation sites is 2. The number of nitrogens with zero attached hydrogens (tertiary/aromatic N) is 3. The predicted octanol–water partition coefficient (Wildman–Crippen LogP) is 5.10. The Kier molecular flexibility index (Phi) is 5.60. The van der Waals surface area contributed by atoms with Crippen LogP contribution in [-0.2, 0) is 11.3 Å². The standard InChI is InChI=1S/C26H22ClN3O3/c1-33-24-12-11-19(27)14-22(24)29-15-18(13-25(29)32)26-28-20-9-5-6-10-21(20)30(26)16-23(31)17-7-3-2-4-8-17/h2-12,14,18H,13,15-16H2,1H3/t18-/m0/s1. The Bertz CT molecular complexity index is 1350. The third-order valence-corrected chi connectivity index (χ3v) is 6.24. The maximum Gasteiger partial charge on any atom is 0.227 e. The minimum Gasteiger partial charge on any atom is -0.495 e. The highest BCUT2D eigenvalue weighted by Crippen LogP contribution is 2.38. The molecule has 1 aromatic heterocycles. The molecule has 1 atom stereocenters. The van der Waals surface area contributed by atoms with Crippen molar-refractivity contribution in [3.05, 3.63) is 89.2 Å². The lowest BCUT2D eigenvalue weighted by Crippen LogP contribution is -2.25. The van der Waals surface area contributed by atoms with E-state index in [4.69, 9.17) is 21.3 Å². The van der Waals surface area contributed by atoms with Crippen LogP contribution in [0.4, 0.5) is 5.69 Å². The molecule has 0 unspecified atom stereocenters. The van der Waals surface area contributed by atoms with Crippen molar-refractivity contribution in [3.63, 3.8) is 0 Å².